The molecule has 1 unspecified atom stereocenters. The molecule has 0 spiro atoms. The Morgan fingerprint density at radius 1 is 1.00 bits per heavy atom. The van der Waals surface area contributed by atoms with Gasteiger partial charge in [-0.05, 0) is 56.5 Å². The average Bonchev–Trinajstić information content (AvgIpc) is 2.97. The monoisotopic (exact) mass is 380 g/mol. The molecule has 1 atom stereocenters. The maximum atomic E-state index is 13.0. The van der Waals surface area contributed by atoms with Gasteiger partial charge in [0.25, 0.3) is 11.8 Å². The second kappa shape index (κ2) is 9.40. The van der Waals surface area contributed by atoms with E-state index in [1.165, 1.54) is 0 Å². The van der Waals surface area contributed by atoms with Crippen LogP contribution in [0, 0.1) is 6.92 Å². The third-order valence-electron chi connectivity index (χ3n) is 4.98. The van der Waals surface area contributed by atoms with Gasteiger partial charge in [0.2, 0.25) is 0 Å². The molecular formula is C23H28N2O3. The van der Waals surface area contributed by atoms with Crippen LogP contribution in [0.25, 0.3) is 0 Å². The lowest BCUT2D eigenvalue weighted by Gasteiger charge is -2.22. The molecule has 0 radical (unpaired) electrons. The number of ether oxygens (including phenoxy) is 1. The van der Waals surface area contributed by atoms with E-state index < -0.39 is 6.10 Å². The van der Waals surface area contributed by atoms with Crippen molar-refractivity contribution in [3.8, 4) is 5.75 Å². The van der Waals surface area contributed by atoms with Crippen LogP contribution in [-0.4, -0.2) is 35.9 Å². The predicted molar refractivity (Wildman–Crippen MR) is 111 cm³/mol. The Bertz CT molecular complexity index is 826. The summed E-state index contributed by atoms with van der Waals surface area (Å²) >= 11 is 0. The van der Waals surface area contributed by atoms with Crippen LogP contribution in [0.4, 0.5) is 5.69 Å². The summed E-state index contributed by atoms with van der Waals surface area (Å²) in [4.78, 5) is 27.5. The minimum atomic E-state index is -0.678. The van der Waals surface area contributed by atoms with E-state index in [1.807, 2.05) is 48.2 Å². The minimum Gasteiger partial charge on any atom is -0.481 e. The second-order valence-electron chi connectivity index (χ2n) is 7.32. The molecule has 2 aromatic carbocycles. The van der Waals surface area contributed by atoms with Crippen molar-refractivity contribution < 1.29 is 14.3 Å². The summed E-state index contributed by atoms with van der Waals surface area (Å²) in [5.74, 6) is 0.347. The van der Waals surface area contributed by atoms with Crippen molar-refractivity contribution in [3.63, 3.8) is 0 Å². The summed E-state index contributed by atoms with van der Waals surface area (Å²) in [6.45, 7) is 5.22. The van der Waals surface area contributed by atoms with Crippen LogP contribution in [0.3, 0.4) is 0 Å². The van der Waals surface area contributed by atoms with E-state index in [4.69, 9.17) is 4.74 Å². The summed E-state index contributed by atoms with van der Waals surface area (Å²) in [5, 5.41) is 2.87. The molecule has 1 N–H and O–H groups in total. The van der Waals surface area contributed by atoms with Gasteiger partial charge in [-0.15, -0.1) is 0 Å². The lowest BCUT2D eigenvalue weighted by atomic mass is 10.1. The van der Waals surface area contributed by atoms with Gasteiger partial charge in [-0.25, -0.2) is 0 Å². The molecule has 3 rings (SSSR count). The molecular weight excluding hydrogens is 352 g/mol. The van der Waals surface area contributed by atoms with Crippen LogP contribution in [0.2, 0.25) is 0 Å². The number of rotatable bonds is 5. The standard InChI is InChI=1S/C23H28N2O3/c1-17-10-9-11-19(16-17)28-18(2)22(26)24-21-13-6-5-12-20(21)23(27)25-14-7-3-4-8-15-25/h5-6,9-13,16,18H,3-4,7-8,14-15H2,1-2H3,(H,24,26). The number of para-hydroxylation sites is 1. The lowest BCUT2D eigenvalue weighted by molar-refractivity contribution is -0.122. The van der Waals surface area contributed by atoms with Crippen molar-refractivity contribution >= 4 is 17.5 Å². The van der Waals surface area contributed by atoms with E-state index in [9.17, 15) is 9.59 Å². The number of hydrogen-bond acceptors (Lipinski definition) is 3. The number of likely N-dealkylation sites (tertiary alicyclic amines) is 1. The number of carbonyl (C=O) groups excluding carboxylic acids is 2. The minimum absolute atomic E-state index is 0.0231. The van der Waals surface area contributed by atoms with Crippen molar-refractivity contribution in [2.75, 3.05) is 18.4 Å². The number of anilines is 1. The van der Waals surface area contributed by atoms with Crippen molar-refractivity contribution in [1.82, 2.24) is 4.90 Å². The third kappa shape index (κ3) is 5.12. The molecule has 2 aromatic rings. The van der Waals surface area contributed by atoms with Gasteiger partial charge in [0.15, 0.2) is 6.10 Å². The molecule has 1 fully saturated rings. The van der Waals surface area contributed by atoms with Gasteiger partial charge >= 0.3 is 0 Å². The highest BCUT2D eigenvalue weighted by atomic mass is 16.5. The fourth-order valence-corrected chi connectivity index (χ4v) is 3.40. The zero-order valence-corrected chi connectivity index (χ0v) is 16.6. The Hall–Kier alpha value is -2.82. The maximum absolute atomic E-state index is 13.0. The van der Waals surface area contributed by atoms with E-state index in [-0.39, 0.29) is 11.8 Å². The van der Waals surface area contributed by atoms with Gasteiger partial charge in [-0.3, -0.25) is 9.59 Å². The first-order valence-electron chi connectivity index (χ1n) is 9.97. The summed E-state index contributed by atoms with van der Waals surface area (Å²) < 4.78 is 5.75. The van der Waals surface area contributed by atoms with Crippen LogP contribution >= 0.6 is 0 Å². The summed E-state index contributed by atoms with van der Waals surface area (Å²) in [6, 6.07) is 14.8. The van der Waals surface area contributed by atoms with Crippen LogP contribution in [-0.2, 0) is 4.79 Å². The van der Waals surface area contributed by atoms with E-state index in [1.54, 1.807) is 19.1 Å². The molecule has 1 saturated heterocycles. The second-order valence-corrected chi connectivity index (χ2v) is 7.32. The molecule has 0 bridgehead atoms. The topological polar surface area (TPSA) is 58.6 Å². The first-order valence-corrected chi connectivity index (χ1v) is 9.97. The Morgan fingerprint density at radius 3 is 2.43 bits per heavy atom. The number of benzene rings is 2. The zero-order chi connectivity index (χ0) is 19.9. The highest BCUT2D eigenvalue weighted by Gasteiger charge is 2.22. The van der Waals surface area contributed by atoms with Crippen molar-refractivity contribution in [1.29, 1.82) is 0 Å². The Labute approximate surface area is 166 Å². The zero-order valence-electron chi connectivity index (χ0n) is 16.6. The molecule has 1 aliphatic heterocycles. The molecule has 0 aliphatic carbocycles. The first-order chi connectivity index (χ1) is 13.5. The fraction of sp³-hybridized carbons (Fsp3) is 0.391. The van der Waals surface area contributed by atoms with Crippen LogP contribution in [0.15, 0.2) is 48.5 Å². The number of carbonyl (C=O) groups is 2. The molecule has 2 amide bonds. The maximum Gasteiger partial charge on any atom is 0.265 e. The Balaban J connectivity index is 1.69. The Morgan fingerprint density at radius 2 is 1.71 bits per heavy atom. The largest absolute Gasteiger partial charge is 0.481 e. The SMILES string of the molecule is Cc1cccc(OC(C)C(=O)Nc2ccccc2C(=O)N2CCCCCC2)c1. The van der Waals surface area contributed by atoms with E-state index in [2.05, 4.69) is 5.32 Å². The number of nitrogens with zero attached hydrogens (tertiary/aromatic N) is 1. The van der Waals surface area contributed by atoms with Gasteiger partial charge < -0.3 is 15.0 Å². The van der Waals surface area contributed by atoms with Gasteiger partial charge in [0.1, 0.15) is 5.75 Å². The predicted octanol–water partition coefficient (Wildman–Crippen LogP) is 4.42. The quantitative estimate of drug-likeness (QED) is 0.835. The van der Waals surface area contributed by atoms with Crippen molar-refractivity contribution in [2.24, 2.45) is 0 Å². The summed E-state index contributed by atoms with van der Waals surface area (Å²) in [5.41, 5.74) is 2.13. The molecule has 1 heterocycles. The smallest absolute Gasteiger partial charge is 0.265 e. The molecule has 5 heteroatoms. The molecule has 0 aromatic heterocycles. The lowest BCUT2D eigenvalue weighted by Crippen LogP contribution is -2.34. The van der Waals surface area contributed by atoms with Crippen LogP contribution in [0.5, 0.6) is 5.75 Å². The molecule has 148 valence electrons. The Kier molecular flexibility index (Phi) is 6.69. The highest BCUT2D eigenvalue weighted by molar-refractivity contribution is 6.04. The van der Waals surface area contributed by atoms with Crippen molar-refractivity contribution in [3.05, 3.63) is 59.7 Å². The molecule has 1 aliphatic rings. The van der Waals surface area contributed by atoms with Crippen molar-refractivity contribution in [2.45, 2.75) is 45.6 Å². The average molecular weight is 380 g/mol. The summed E-state index contributed by atoms with van der Waals surface area (Å²) in [7, 11) is 0. The molecule has 28 heavy (non-hydrogen) atoms. The van der Waals surface area contributed by atoms with Crippen LogP contribution in [0.1, 0.15) is 48.5 Å². The third-order valence-corrected chi connectivity index (χ3v) is 4.98. The van der Waals surface area contributed by atoms with Gasteiger partial charge in [-0.1, -0.05) is 37.1 Å². The first kappa shape index (κ1) is 19.9. The summed E-state index contributed by atoms with van der Waals surface area (Å²) in [6.07, 6.45) is 3.71. The van der Waals surface area contributed by atoms with E-state index in [0.29, 0.717) is 17.0 Å². The van der Waals surface area contributed by atoms with Gasteiger partial charge in [-0.2, -0.15) is 0 Å². The van der Waals surface area contributed by atoms with Gasteiger partial charge in [0.05, 0.1) is 11.3 Å². The number of nitrogens with one attached hydrogen (secondary N) is 1. The molecule has 0 saturated carbocycles. The van der Waals surface area contributed by atoms with E-state index >= 15 is 0 Å². The normalized spacial score (nSPS) is 15.4. The highest BCUT2D eigenvalue weighted by Crippen LogP contribution is 2.21. The number of hydrogen-bond donors (Lipinski definition) is 1. The number of aryl methyl sites for hydroxylation is 1. The van der Waals surface area contributed by atoms with Gasteiger partial charge in [0, 0.05) is 13.1 Å². The molecule has 5 nitrogen and oxygen atoms in total. The fourth-order valence-electron chi connectivity index (χ4n) is 3.40. The number of amides is 2. The van der Waals surface area contributed by atoms with Crippen LogP contribution < -0.4 is 10.1 Å². The van der Waals surface area contributed by atoms with E-state index in [0.717, 1.165) is 44.3 Å².